The van der Waals surface area contributed by atoms with Gasteiger partial charge in [-0.25, -0.2) is 4.39 Å². The molecule has 0 saturated heterocycles. The van der Waals surface area contributed by atoms with Gasteiger partial charge in [-0.05, 0) is 44.0 Å². The van der Waals surface area contributed by atoms with Gasteiger partial charge in [-0.2, -0.15) is 0 Å². The molecule has 0 atom stereocenters. The van der Waals surface area contributed by atoms with Gasteiger partial charge in [0.05, 0.1) is 5.69 Å². The van der Waals surface area contributed by atoms with Gasteiger partial charge in [0, 0.05) is 25.2 Å². The predicted octanol–water partition coefficient (Wildman–Crippen LogP) is 2.08. The van der Waals surface area contributed by atoms with E-state index in [2.05, 4.69) is 10.2 Å². The van der Waals surface area contributed by atoms with Crippen LogP contribution in [-0.4, -0.2) is 30.9 Å². The highest BCUT2D eigenvalue weighted by Crippen LogP contribution is 2.29. The Morgan fingerprint density at radius 2 is 2.26 bits per heavy atom. The molecule has 0 heterocycles. The molecule has 0 radical (unpaired) electrons. The molecule has 1 amide bonds. The largest absolute Gasteiger partial charge is 0.396 e. The average Bonchev–Trinajstić information content (AvgIpc) is 3.15. The van der Waals surface area contributed by atoms with Crippen molar-refractivity contribution in [2.24, 2.45) is 5.92 Å². The number of hydrogen-bond donors (Lipinski definition) is 2. The Hall–Kier alpha value is -1.62. The summed E-state index contributed by atoms with van der Waals surface area (Å²) in [5.74, 6) is 0.278. The zero-order valence-corrected chi connectivity index (χ0v) is 11.2. The molecule has 19 heavy (non-hydrogen) atoms. The molecule has 0 aliphatic heterocycles. The first kappa shape index (κ1) is 13.8. The van der Waals surface area contributed by atoms with Crippen molar-refractivity contribution in [2.75, 3.05) is 31.2 Å². The Balaban J connectivity index is 1.75. The lowest BCUT2D eigenvalue weighted by atomic mass is 10.2. The Labute approximate surface area is 112 Å². The van der Waals surface area contributed by atoms with Crippen LogP contribution >= 0.6 is 0 Å². The Morgan fingerprint density at radius 3 is 2.89 bits per heavy atom. The summed E-state index contributed by atoms with van der Waals surface area (Å²) in [6, 6.07) is 4.20. The maximum Gasteiger partial charge on any atom is 0.225 e. The fraction of sp³-hybridized carbons (Fsp3) is 0.500. The molecule has 0 aromatic heterocycles. The van der Waals surface area contributed by atoms with Crippen LogP contribution in [0.1, 0.15) is 19.3 Å². The number of anilines is 2. The van der Waals surface area contributed by atoms with E-state index in [0.29, 0.717) is 12.1 Å². The topological polar surface area (TPSA) is 58.4 Å². The minimum atomic E-state index is -0.470. The highest BCUT2D eigenvalue weighted by molar-refractivity contribution is 5.91. The lowest BCUT2D eigenvalue weighted by Gasteiger charge is -2.15. The molecule has 1 aliphatic carbocycles. The van der Waals surface area contributed by atoms with Crippen molar-refractivity contribution < 1.29 is 9.18 Å². The predicted molar refractivity (Wildman–Crippen MR) is 74.3 cm³/mol. The Bertz CT molecular complexity index is 460. The van der Waals surface area contributed by atoms with Crippen molar-refractivity contribution >= 4 is 17.3 Å². The van der Waals surface area contributed by atoms with Gasteiger partial charge in [0.15, 0.2) is 0 Å². The summed E-state index contributed by atoms with van der Waals surface area (Å²) < 4.78 is 13.0. The zero-order valence-electron chi connectivity index (χ0n) is 11.2. The van der Waals surface area contributed by atoms with E-state index in [-0.39, 0.29) is 11.6 Å². The van der Waals surface area contributed by atoms with Gasteiger partial charge >= 0.3 is 0 Å². The average molecular weight is 265 g/mol. The first-order chi connectivity index (χ1) is 9.04. The third kappa shape index (κ3) is 4.52. The fourth-order valence-electron chi connectivity index (χ4n) is 1.97. The highest BCUT2D eigenvalue weighted by Gasteiger charge is 2.22. The maximum absolute atomic E-state index is 13.0. The summed E-state index contributed by atoms with van der Waals surface area (Å²) in [6.07, 6.45) is 3.05. The number of hydrogen-bond acceptors (Lipinski definition) is 3. The molecule has 0 unspecified atom stereocenters. The third-order valence-corrected chi connectivity index (χ3v) is 3.27. The number of carbonyl (C=O) groups is 1. The van der Waals surface area contributed by atoms with E-state index >= 15 is 0 Å². The van der Waals surface area contributed by atoms with E-state index in [4.69, 9.17) is 5.73 Å². The molecule has 1 aromatic rings. The molecule has 1 aromatic carbocycles. The minimum absolute atomic E-state index is 0.0450. The van der Waals surface area contributed by atoms with E-state index in [1.807, 2.05) is 7.05 Å². The van der Waals surface area contributed by atoms with E-state index in [1.54, 1.807) is 0 Å². The number of nitrogens with zero attached hydrogens (tertiary/aromatic N) is 1. The van der Waals surface area contributed by atoms with Crippen LogP contribution < -0.4 is 11.1 Å². The number of nitrogen functional groups attached to an aromatic ring is 1. The molecule has 3 N–H and O–H groups in total. The number of benzene rings is 1. The lowest BCUT2D eigenvalue weighted by Crippen LogP contribution is -2.26. The van der Waals surface area contributed by atoms with Crippen molar-refractivity contribution in [1.29, 1.82) is 0 Å². The highest BCUT2D eigenvalue weighted by atomic mass is 19.1. The first-order valence-corrected chi connectivity index (χ1v) is 6.58. The van der Waals surface area contributed by atoms with Crippen LogP contribution in [0.5, 0.6) is 0 Å². The fourth-order valence-corrected chi connectivity index (χ4v) is 1.97. The molecular formula is C14H20FN3O. The summed E-state index contributed by atoms with van der Waals surface area (Å²) in [4.78, 5) is 13.9. The maximum atomic E-state index is 13.0. The van der Waals surface area contributed by atoms with Crippen molar-refractivity contribution in [2.45, 2.75) is 19.3 Å². The van der Waals surface area contributed by atoms with Gasteiger partial charge in [0.25, 0.3) is 0 Å². The van der Waals surface area contributed by atoms with E-state index in [0.717, 1.165) is 19.0 Å². The summed E-state index contributed by atoms with van der Waals surface area (Å²) in [5.41, 5.74) is 6.03. The molecule has 0 spiro atoms. The second-order valence-electron chi connectivity index (χ2n) is 5.24. The monoisotopic (exact) mass is 265 g/mol. The number of amides is 1. The van der Waals surface area contributed by atoms with Crippen molar-refractivity contribution in [3.8, 4) is 0 Å². The van der Waals surface area contributed by atoms with Crippen molar-refractivity contribution in [3.05, 3.63) is 24.0 Å². The molecule has 1 saturated carbocycles. The Morgan fingerprint density at radius 1 is 1.53 bits per heavy atom. The van der Waals surface area contributed by atoms with Crippen molar-refractivity contribution in [3.63, 3.8) is 0 Å². The summed E-state index contributed by atoms with van der Waals surface area (Å²) in [6.45, 7) is 1.80. The quantitative estimate of drug-likeness (QED) is 0.774. The molecule has 2 rings (SSSR count). The molecule has 1 aliphatic rings. The van der Waals surface area contributed by atoms with Gasteiger partial charge < -0.3 is 16.0 Å². The number of rotatable bonds is 6. The number of nitrogens with one attached hydrogen (secondary N) is 1. The van der Waals surface area contributed by atoms with Gasteiger partial charge in [0.2, 0.25) is 5.91 Å². The van der Waals surface area contributed by atoms with Crippen LogP contribution in [0, 0.1) is 11.7 Å². The van der Waals surface area contributed by atoms with Crippen LogP contribution in [0.15, 0.2) is 18.2 Å². The zero-order chi connectivity index (χ0) is 13.8. The van der Waals surface area contributed by atoms with E-state index in [9.17, 15) is 9.18 Å². The van der Waals surface area contributed by atoms with Crippen LogP contribution in [0.2, 0.25) is 0 Å². The summed E-state index contributed by atoms with van der Waals surface area (Å²) in [7, 11) is 2.03. The third-order valence-electron chi connectivity index (χ3n) is 3.27. The van der Waals surface area contributed by atoms with E-state index < -0.39 is 5.82 Å². The van der Waals surface area contributed by atoms with Gasteiger partial charge in [-0.3, -0.25) is 4.79 Å². The van der Waals surface area contributed by atoms with Gasteiger partial charge in [0.1, 0.15) is 5.82 Å². The van der Waals surface area contributed by atoms with Crippen LogP contribution in [-0.2, 0) is 4.79 Å². The lowest BCUT2D eigenvalue weighted by molar-refractivity contribution is -0.116. The van der Waals surface area contributed by atoms with E-state index in [1.165, 1.54) is 31.0 Å². The van der Waals surface area contributed by atoms with Gasteiger partial charge in [-0.15, -0.1) is 0 Å². The second-order valence-corrected chi connectivity index (χ2v) is 5.24. The minimum Gasteiger partial charge on any atom is -0.396 e. The number of carbonyl (C=O) groups excluding carboxylic acids is 1. The smallest absolute Gasteiger partial charge is 0.225 e. The summed E-state index contributed by atoms with van der Waals surface area (Å²) >= 11 is 0. The van der Waals surface area contributed by atoms with Crippen LogP contribution in [0.25, 0.3) is 0 Å². The van der Waals surface area contributed by atoms with Gasteiger partial charge in [-0.1, -0.05) is 0 Å². The first-order valence-electron chi connectivity index (χ1n) is 6.58. The Kier molecular flexibility index (Phi) is 4.37. The standard InChI is InChI=1S/C14H20FN3O/c1-18(9-10-2-3-10)7-6-14(19)17-11-4-5-12(15)13(16)8-11/h4-5,8,10H,2-3,6-7,9,16H2,1H3,(H,17,19). The van der Waals surface area contributed by atoms with Crippen LogP contribution in [0.3, 0.4) is 0 Å². The second kappa shape index (κ2) is 6.02. The molecule has 104 valence electrons. The normalized spacial score (nSPS) is 14.7. The molecule has 4 nitrogen and oxygen atoms in total. The SMILES string of the molecule is CN(CCC(=O)Nc1ccc(F)c(N)c1)CC1CC1. The molecule has 5 heteroatoms. The number of halogens is 1. The molecular weight excluding hydrogens is 245 g/mol. The number of nitrogens with two attached hydrogens (primary N) is 1. The molecule has 1 fully saturated rings. The van der Waals surface area contributed by atoms with Crippen LogP contribution in [0.4, 0.5) is 15.8 Å². The summed E-state index contributed by atoms with van der Waals surface area (Å²) in [5, 5.41) is 2.72. The van der Waals surface area contributed by atoms with Crippen molar-refractivity contribution in [1.82, 2.24) is 4.90 Å². The molecule has 0 bridgehead atoms.